The molecule has 1 amide bonds. The Hall–Kier alpha value is -1.83. The van der Waals surface area contributed by atoms with Gasteiger partial charge in [-0.25, -0.2) is 4.98 Å². The third kappa shape index (κ3) is 5.62. The number of thiazole rings is 1. The molecule has 1 N–H and O–H groups in total. The number of rotatable bonds is 6. The molecule has 4 heterocycles. The number of nitrogens with zero attached hydrogens (tertiary/aromatic N) is 4. The predicted octanol–water partition coefficient (Wildman–Crippen LogP) is 2.84. The topological polar surface area (TPSA) is 61.4 Å². The van der Waals surface area contributed by atoms with Crippen LogP contribution in [0.1, 0.15) is 41.9 Å². The van der Waals surface area contributed by atoms with Crippen molar-refractivity contribution in [3.63, 3.8) is 0 Å². The van der Waals surface area contributed by atoms with E-state index in [9.17, 15) is 4.79 Å². The van der Waals surface area contributed by atoms with Crippen LogP contribution in [0.3, 0.4) is 0 Å². The molecule has 0 radical (unpaired) electrons. The fraction of sp³-hybridized carbons (Fsp3) is 0.591. The molecule has 2 aliphatic heterocycles. The van der Waals surface area contributed by atoms with Gasteiger partial charge in [-0.15, -0.1) is 11.3 Å². The second-order valence-electron chi connectivity index (χ2n) is 8.27. The van der Waals surface area contributed by atoms with Crippen molar-refractivity contribution >= 4 is 17.2 Å². The van der Waals surface area contributed by atoms with Gasteiger partial charge >= 0.3 is 0 Å². The summed E-state index contributed by atoms with van der Waals surface area (Å²) in [5.74, 6) is 0.300. The van der Waals surface area contributed by atoms with Crippen molar-refractivity contribution in [3.05, 3.63) is 46.2 Å². The highest BCUT2D eigenvalue weighted by atomic mass is 32.1. The number of nitrogens with one attached hydrogen (secondary N) is 1. The molecule has 2 aromatic heterocycles. The molecule has 29 heavy (non-hydrogen) atoms. The molecule has 0 spiro atoms. The molecule has 0 aliphatic carbocycles. The summed E-state index contributed by atoms with van der Waals surface area (Å²) in [6, 6.07) is 4.82. The van der Waals surface area contributed by atoms with Crippen LogP contribution in [0.25, 0.3) is 0 Å². The van der Waals surface area contributed by atoms with Crippen LogP contribution in [0.15, 0.2) is 29.9 Å². The summed E-state index contributed by atoms with van der Waals surface area (Å²) in [4.78, 5) is 26.3. The number of carbonyl (C=O) groups is 1. The average molecular weight is 414 g/mol. The molecule has 0 aromatic carbocycles. The van der Waals surface area contributed by atoms with E-state index >= 15 is 0 Å². The molecule has 4 rings (SSSR count). The van der Waals surface area contributed by atoms with Crippen LogP contribution in [0.4, 0.5) is 0 Å². The van der Waals surface area contributed by atoms with E-state index in [1.165, 1.54) is 18.4 Å². The van der Waals surface area contributed by atoms with Crippen LogP contribution in [-0.4, -0.2) is 57.9 Å². The lowest BCUT2D eigenvalue weighted by Crippen LogP contribution is -2.50. The molecule has 7 heteroatoms. The molecule has 2 saturated heterocycles. The summed E-state index contributed by atoms with van der Waals surface area (Å²) < 4.78 is 0. The number of carbonyl (C=O) groups excluding carboxylic acids is 1. The van der Waals surface area contributed by atoms with Crippen molar-refractivity contribution in [2.75, 3.05) is 26.2 Å². The summed E-state index contributed by atoms with van der Waals surface area (Å²) >= 11 is 1.63. The van der Waals surface area contributed by atoms with Gasteiger partial charge < -0.3 is 5.32 Å². The van der Waals surface area contributed by atoms with Crippen LogP contribution in [0, 0.1) is 12.8 Å². The third-order valence-corrected chi connectivity index (χ3v) is 6.99. The van der Waals surface area contributed by atoms with Crippen molar-refractivity contribution in [2.24, 2.45) is 5.92 Å². The molecule has 2 fully saturated rings. The largest absolute Gasteiger partial charge is 0.350 e. The zero-order valence-electron chi connectivity index (χ0n) is 17.2. The third-order valence-electron chi connectivity index (χ3n) is 6.16. The molecule has 0 bridgehead atoms. The lowest BCUT2D eigenvalue weighted by atomic mass is 9.93. The predicted molar refractivity (Wildman–Crippen MR) is 116 cm³/mol. The lowest BCUT2D eigenvalue weighted by molar-refractivity contribution is -0.127. The minimum Gasteiger partial charge on any atom is -0.350 e. The van der Waals surface area contributed by atoms with Gasteiger partial charge in [-0.3, -0.25) is 19.6 Å². The second-order valence-corrected chi connectivity index (χ2v) is 9.33. The molecule has 1 atom stereocenters. The number of hydrogen-bond donors (Lipinski definition) is 1. The first kappa shape index (κ1) is 20.4. The minimum absolute atomic E-state index is 0.110. The van der Waals surface area contributed by atoms with Gasteiger partial charge in [0.2, 0.25) is 5.91 Å². The van der Waals surface area contributed by atoms with E-state index in [1.54, 1.807) is 11.3 Å². The number of amides is 1. The fourth-order valence-electron chi connectivity index (χ4n) is 4.55. The summed E-state index contributed by atoms with van der Waals surface area (Å²) in [7, 11) is 0. The zero-order valence-corrected chi connectivity index (χ0v) is 18.0. The highest BCUT2D eigenvalue weighted by molar-refractivity contribution is 7.09. The summed E-state index contributed by atoms with van der Waals surface area (Å²) in [6.45, 7) is 7.84. The van der Waals surface area contributed by atoms with E-state index in [2.05, 4.69) is 37.2 Å². The zero-order chi connectivity index (χ0) is 20.1. The highest BCUT2D eigenvalue weighted by Crippen LogP contribution is 2.25. The number of aromatic nitrogens is 2. The number of hydrogen-bond acceptors (Lipinski definition) is 6. The molecular weight excluding hydrogens is 382 g/mol. The molecular formula is C22H31N5OS. The normalized spacial score (nSPS) is 21.9. The van der Waals surface area contributed by atoms with E-state index in [1.807, 2.05) is 24.7 Å². The van der Waals surface area contributed by atoms with E-state index in [-0.39, 0.29) is 11.8 Å². The van der Waals surface area contributed by atoms with E-state index < -0.39 is 0 Å². The first-order chi connectivity index (χ1) is 14.2. The van der Waals surface area contributed by atoms with Gasteiger partial charge in [0.05, 0.1) is 23.2 Å². The summed E-state index contributed by atoms with van der Waals surface area (Å²) in [6.07, 6.45) is 8.24. The van der Waals surface area contributed by atoms with Crippen molar-refractivity contribution in [1.82, 2.24) is 25.1 Å². The molecule has 6 nitrogen and oxygen atoms in total. The van der Waals surface area contributed by atoms with Gasteiger partial charge in [-0.1, -0.05) is 0 Å². The van der Waals surface area contributed by atoms with Crippen LogP contribution in [0.5, 0.6) is 0 Å². The maximum atomic E-state index is 12.7. The minimum atomic E-state index is 0.110. The molecule has 156 valence electrons. The van der Waals surface area contributed by atoms with Gasteiger partial charge in [0.15, 0.2) is 0 Å². The van der Waals surface area contributed by atoms with E-state index in [0.29, 0.717) is 12.6 Å². The van der Waals surface area contributed by atoms with Crippen LogP contribution < -0.4 is 5.32 Å². The molecule has 2 aromatic rings. The monoisotopic (exact) mass is 413 g/mol. The standard InChI is InChI=1S/C22H31N5OS/c1-17-25-20(16-29-17)13-24-22(28)19-3-2-10-27(15-19)21-6-11-26(12-7-21)14-18-4-8-23-9-5-18/h4-5,8-9,16,19,21H,2-3,6-7,10-15H2,1H3,(H,24,28)/t19-/m1/s1. The van der Waals surface area contributed by atoms with Gasteiger partial charge in [0.1, 0.15) is 0 Å². The Kier molecular flexibility index (Phi) is 6.90. The van der Waals surface area contributed by atoms with Crippen LogP contribution >= 0.6 is 11.3 Å². The molecule has 2 aliphatic rings. The quantitative estimate of drug-likeness (QED) is 0.789. The average Bonchev–Trinajstić information content (AvgIpc) is 3.18. The van der Waals surface area contributed by atoms with Gasteiger partial charge in [-0.05, 0) is 69.9 Å². The maximum Gasteiger partial charge on any atom is 0.224 e. The Bertz CT molecular complexity index is 788. The SMILES string of the molecule is Cc1nc(CNC(=O)[C@@H]2CCCN(C3CCN(Cc4ccncc4)CC3)C2)cs1. The Balaban J connectivity index is 1.23. The smallest absolute Gasteiger partial charge is 0.224 e. The van der Waals surface area contributed by atoms with Crippen molar-refractivity contribution in [2.45, 2.75) is 51.7 Å². The second kappa shape index (κ2) is 9.78. The maximum absolute atomic E-state index is 12.7. The highest BCUT2D eigenvalue weighted by Gasteiger charge is 2.31. The Morgan fingerprint density at radius 1 is 1.21 bits per heavy atom. The Morgan fingerprint density at radius 2 is 2.00 bits per heavy atom. The number of likely N-dealkylation sites (tertiary alicyclic amines) is 2. The van der Waals surface area contributed by atoms with Crippen molar-refractivity contribution in [1.29, 1.82) is 0 Å². The lowest BCUT2D eigenvalue weighted by Gasteiger charge is -2.42. The summed E-state index contributed by atoms with van der Waals surface area (Å²) in [5.41, 5.74) is 2.30. The number of piperidine rings is 2. The van der Waals surface area contributed by atoms with Crippen molar-refractivity contribution in [3.8, 4) is 0 Å². The van der Waals surface area contributed by atoms with Crippen LogP contribution in [0.2, 0.25) is 0 Å². The first-order valence-corrected chi connectivity index (χ1v) is 11.6. The number of aryl methyl sites for hydroxylation is 1. The summed E-state index contributed by atoms with van der Waals surface area (Å²) in [5, 5.41) is 6.18. The van der Waals surface area contributed by atoms with Gasteiger partial charge in [-0.2, -0.15) is 0 Å². The molecule has 0 unspecified atom stereocenters. The Morgan fingerprint density at radius 3 is 2.72 bits per heavy atom. The van der Waals surface area contributed by atoms with Gasteiger partial charge in [0.25, 0.3) is 0 Å². The molecule has 0 saturated carbocycles. The Labute approximate surface area is 177 Å². The fourth-order valence-corrected chi connectivity index (χ4v) is 5.17. The van der Waals surface area contributed by atoms with Crippen LogP contribution in [-0.2, 0) is 17.9 Å². The van der Waals surface area contributed by atoms with E-state index in [0.717, 1.165) is 56.3 Å². The van der Waals surface area contributed by atoms with Crippen molar-refractivity contribution < 1.29 is 4.79 Å². The first-order valence-electron chi connectivity index (χ1n) is 10.7. The van der Waals surface area contributed by atoms with E-state index in [4.69, 9.17) is 0 Å². The number of pyridine rings is 1. The van der Waals surface area contributed by atoms with Gasteiger partial charge in [0, 0.05) is 36.9 Å².